The molecule has 118 valence electrons. The Bertz CT molecular complexity index is 788. The third kappa shape index (κ3) is 2.44. The van der Waals surface area contributed by atoms with Gasteiger partial charge in [0, 0.05) is 31.9 Å². The molecule has 0 bridgehead atoms. The second-order valence-electron chi connectivity index (χ2n) is 6.65. The average molecular weight is 308 g/mol. The van der Waals surface area contributed by atoms with Crippen molar-refractivity contribution >= 4 is 17.6 Å². The molecule has 0 saturated carbocycles. The van der Waals surface area contributed by atoms with E-state index in [9.17, 15) is 9.90 Å². The third-order valence-corrected chi connectivity index (χ3v) is 4.94. The molecule has 0 aliphatic carbocycles. The normalized spacial score (nSPS) is 24.6. The molecule has 2 aromatic rings. The molecule has 0 amide bonds. The van der Waals surface area contributed by atoms with Crippen molar-refractivity contribution < 1.29 is 9.90 Å². The maximum absolute atomic E-state index is 12.2. The number of rotatable bonds is 2. The number of nitrogens with zero attached hydrogens (tertiary/aromatic N) is 2. The molecule has 4 heteroatoms. The summed E-state index contributed by atoms with van der Waals surface area (Å²) in [6.45, 7) is 1.58. The number of aromatic nitrogens is 1. The minimum atomic E-state index is -0.752. The fourth-order valence-corrected chi connectivity index (χ4v) is 3.61. The van der Waals surface area contributed by atoms with Crippen LogP contribution in [0, 0.1) is 0 Å². The lowest BCUT2D eigenvalue weighted by molar-refractivity contribution is 0.0489. The van der Waals surface area contributed by atoms with Crippen LogP contribution < -0.4 is 0 Å². The van der Waals surface area contributed by atoms with E-state index in [2.05, 4.69) is 4.90 Å². The highest BCUT2D eigenvalue weighted by Gasteiger charge is 2.35. The van der Waals surface area contributed by atoms with Crippen LogP contribution in [0.15, 0.2) is 42.6 Å². The molecule has 0 spiro atoms. The summed E-state index contributed by atoms with van der Waals surface area (Å²) in [6.07, 6.45) is 5.11. The van der Waals surface area contributed by atoms with Crippen LogP contribution in [-0.2, 0) is 5.60 Å². The van der Waals surface area contributed by atoms with E-state index in [1.807, 2.05) is 60.4 Å². The number of allylic oxidation sites excluding steroid dienone is 1. The van der Waals surface area contributed by atoms with Gasteiger partial charge in [0.1, 0.15) is 5.60 Å². The Morgan fingerprint density at radius 2 is 1.96 bits per heavy atom. The molecule has 1 aromatic heterocycles. The number of likely N-dealkylation sites (tertiary alicyclic amines) is 1. The molecule has 0 radical (unpaired) electrons. The number of fused-ring (bicyclic) bond motifs is 1. The van der Waals surface area contributed by atoms with Crippen LogP contribution in [0.2, 0.25) is 0 Å². The number of carbonyl (C=O) groups is 1. The van der Waals surface area contributed by atoms with E-state index in [1.54, 1.807) is 0 Å². The summed E-state index contributed by atoms with van der Waals surface area (Å²) in [7, 11) is 2.03. The average Bonchev–Trinajstić information content (AvgIpc) is 3.15. The van der Waals surface area contributed by atoms with Gasteiger partial charge in [-0.25, -0.2) is 0 Å². The minimum absolute atomic E-state index is 0.146. The highest BCUT2D eigenvalue weighted by Crippen LogP contribution is 2.33. The molecule has 1 N–H and O–H groups in total. The standard InChI is InChI=1S/C19H20N2O2/c1-20-10-8-19(23,13-20)16-6-4-14(5-7-16)15-11-18(22)17-3-2-9-21(17)12-15/h2-7,9,12,23H,8,10-11,13H2,1H3. The molecule has 1 atom stereocenters. The topological polar surface area (TPSA) is 45.5 Å². The molecule has 23 heavy (non-hydrogen) atoms. The number of Topliss-reactive ketones (excluding diaryl/α,β-unsaturated/α-hetero) is 1. The van der Waals surface area contributed by atoms with Crippen molar-refractivity contribution in [3.63, 3.8) is 0 Å². The van der Waals surface area contributed by atoms with Crippen LogP contribution in [0.1, 0.15) is 34.5 Å². The minimum Gasteiger partial charge on any atom is -0.384 e. The fourth-order valence-electron chi connectivity index (χ4n) is 3.61. The van der Waals surface area contributed by atoms with Gasteiger partial charge in [-0.1, -0.05) is 24.3 Å². The summed E-state index contributed by atoms with van der Waals surface area (Å²) in [4.78, 5) is 14.3. The van der Waals surface area contributed by atoms with Gasteiger partial charge in [0.15, 0.2) is 5.78 Å². The van der Waals surface area contributed by atoms with Gasteiger partial charge >= 0.3 is 0 Å². The SMILES string of the molecule is CN1CCC(O)(c2ccc(C3=Cn4cccc4C(=O)C3)cc2)C1. The van der Waals surface area contributed by atoms with E-state index in [1.165, 1.54) is 0 Å². The summed E-state index contributed by atoms with van der Waals surface area (Å²) in [6, 6.07) is 11.8. The van der Waals surface area contributed by atoms with E-state index < -0.39 is 5.60 Å². The lowest BCUT2D eigenvalue weighted by Gasteiger charge is -2.23. The van der Waals surface area contributed by atoms with Gasteiger partial charge in [-0.15, -0.1) is 0 Å². The van der Waals surface area contributed by atoms with Crippen LogP contribution >= 0.6 is 0 Å². The van der Waals surface area contributed by atoms with Crippen molar-refractivity contribution in [1.29, 1.82) is 0 Å². The number of likely N-dealkylation sites (N-methyl/N-ethyl adjacent to an activating group) is 1. The van der Waals surface area contributed by atoms with Gasteiger partial charge in [0.05, 0.1) is 5.69 Å². The molecule has 4 nitrogen and oxygen atoms in total. The smallest absolute Gasteiger partial charge is 0.183 e. The molecular weight excluding hydrogens is 288 g/mol. The molecule has 1 unspecified atom stereocenters. The van der Waals surface area contributed by atoms with E-state index >= 15 is 0 Å². The Morgan fingerprint density at radius 3 is 2.65 bits per heavy atom. The quantitative estimate of drug-likeness (QED) is 0.927. The van der Waals surface area contributed by atoms with Crippen LogP contribution in [0.25, 0.3) is 11.8 Å². The van der Waals surface area contributed by atoms with Crippen molar-refractivity contribution in [3.8, 4) is 0 Å². The zero-order chi connectivity index (χ0) is 16.0. The molecule has 1 aromatic carbocycles. The van der Waals surface area contributed by atoms with E-state index in [4.69, 9.17) is 0 Å². The number of hydrogen-bond acceptors (Lipinski definition) is 3. The van der Waals surface area contributed by atoms with E-state index in [-0.39, 0.29) is 5.78 Å². The first-order chi connectivity index (χ1) is 11.0. The Balaban J connectivity index is 1.64. The van der Waals surface area contributed by atoms with Crippen molar-refractivity contribution in [2.24, 2.45) is 0 Å². The maximum atomic E-state index is 12.2. The maximum Gasteiger partial charge on any atom is 0.183 e. The largest absolute Gasteiger partial charge is 0.384 e. The van der Waals surface area contributed by atoms with Gasteiger partial charge in [0.2, 0.25) is 0 Å². The third-order valence-electron chi connectivity index (χ3n) is 4.94. The van der Waals surface area contributed by atoms with Crippen molar-refractivity contribution in [3.05, 3.63) is 59.4 Å². The molecule has 4 rings (SSSR count). The number of benzene rings is 1. The Kier molecular flexibility index (Phi) is 3.25. The molecule has 1 saturated heterocycles. The Morgan fingerprint density at radius 1 is 1.17 bits per heavy atom. The molecular formula is C19H20N2O2. The Labute approximate surface area is 135 Å². The van der Waals surface area contributed by atoms with Crippen LogP contribution in [0.4, 0.5) is 0 Å². The highest BCUT2D eigenvalue weighted by atomic mass is 16.3. The predicted molar refractivity (Wildman–Crippen MR) is 90.0 cm³/mol. The molecule has 2 aliphatic rings. The van der Waals surface area contributed by atoms with Crippen LogP contribution in [0.3, 0.4) is 0 Å². The van der Waals surface area contributed by atoms with Crippen molar-refractivity contribution in [1.82, 2.24) is 9.47 Å². The van der Waals surface area contributed by atoms with Gasteiger partial charge in [-0.2, -0.15) is 0 Å². The van der Waals surface area contributed by atoms with Gasteiger partial charge in [-0.05, 0) is 42.3 Å². The second kappa shape index (κ2) is 5.18. The highest BCUT2D eigenvalue weighted by molar-refractivity contribution is 6.06. The lowest BCUT2D eigenvalue weighted by atomic mass is 9.90. The van der Waals surface area contributed by atoms with Crippen molar-refractivity contribution in [2.75, 3.05) is 20.1 Å². The first kappa shape index (κ1) is 14.4. The molecule has 2 aliphatic heterocycles. The lowest BCUT2D eigenvalue weighted by Crippen LogP contribution is -2.29. The number of ketones is 1. The molecule has 1 fully saturated rings. The summed E-state index contributed by atoms with van der Waals surface area (Å²) >= 11 is 0. The summed E-state index contributed by atoms with van der Waals surface area (Å²) in [5.74, 6) is 0.146. The first-order valence-corrected chi connectivity index (χ1v) is 7.98. The number of β-amino-alcohol motifs (C(OH)–C–C–N with tert-alkyl or cyclic N) is 1. The van der Waals surface area contributed by atoms with Crippen LogP contribution in [-0.4, -0.2) is 40.5 Å². The second-order valence-corrected chi connectivity index (χ2v) is 6.65. The van der Waals surface area contributed by atoms with Crippen molar-refractivity contribution in [2.45, 2.75) is 18.4 Å². The molecule has 3 heterocycles. The first-order valence-electron chi connectivity index (χ1n) is 7.98. The van der Waals surface area contributed by atoms with E-state index in [0.29, 0.717) is 13.0 Å². The zero-order valence-electron chi connectivity index (χ0n) is 13.2. The van der Waals surface area contributed by atoms with Crippen LogP contribution in [0.5, 0.6) is 0 Å². The predicted octanol–water partition coefficient (Wildman–Crippen LogP) is 2.60. The van der Waals surface area contributed by atoms with Gasteiger partial charge in [-0.3, -0.25) is 4.79 Å². The summed E-state index contributed by atoms with van der Waals surface area (Å²) in [5, 5.41) is 10.8. The van der Waals surface area contributed by atoms with Gasteiger partial charge in [0.25, 0.3) is 0 Å². The number of carbonyl (C=O) groups excluding carboxylic acids is 1. The Hall–Kier alpha value is -2.17. The number of aliphatic hydroxyl groups is 1. The zero-order valence-corrected chi connectivity index (χ0v) is 13.2. The van der Waals surface area contributed by atoms with Gasteiger partial charge < -0.3 is 14.6 Å². The monoisotopic (exact) mass is 308 g/mol. The fraction of sp³-hybridized carbons (Fsp3) is 0.316. The summed E-state index contributed by atoms with van der Waals surface area (Å²) < 4.78 is 1.88. The number of hydrogen-bond donors (Lipinski definition) is 1. The summed E-state index contributed by atoms with van der Waals surface area (Å²) in [5.41, 5.74) is 3.00. The van der Waals surface area contributed by atoms with E-state index in [0.717, 1.165) is 35.4 Å².